The Labute approximate surface area is 230 Å². The number of likely N-dealkylation sites (tertiary alicyclic amines) is 2. The van der Waals surface area contributed by atoms with Crippen LogP contribution in [0.2, 0.25) is 0 Å². The molecule has 5 rings (SSSR count). The Hall–Kier alpha value is -2.98. The molecule has 4 aliphatic heterocycles. The predicted octanol–water partition coefficient (Wildman–Crippen LogP) is 1.19. The number of hydrogen-bond donors (Lipinski definition) is 2. The zero-order chi connectivity index (χ0) is 27.5. The summed E-state index contributed by atoms with van der Waals surface area (Å²) in [5.41, 5.74) is 1.52. The van der Waals surface area contributed by atoms with Crippen molar-refractivity contribution in [2.24, 2.45) is 5.92 Å². The highest BCUT2D eigenvalue weighted by Crippen LogP contribution is 2.32. The molecule has 0 bridgehead atoms. The minimum atomic E-state index is -0.743. The van der Waals surface area contributed by atoms with Crippen LogP contribution in [0.25, 0.3) is 0 Å². The number of amides is 3. The maximum atomic E-state index is 13.8. The third kappa shape index (κ3) is 5.96. The molecule has 10 nitrogen and oxygen atoms in total. The number of morpholine rings is 1. The van der Waals surface area contributed by atoms with Crippen molar-refractivity contribution in [2.45, 2.75) is 70.1 Å². The van der Waals surface area contributed by atoms with Gasteiger partial charge in [-0.2, -0.15) is 0 Å². The van der Waals surface area contributed by atoms with Gasteiger partial charge in [-0.3, -0.25) is 19.2 Å². The molecule has 4 unspecified atom stereocenters. The maximum absolute atomic E-state index is 13.8. The molecule has 0 aromatic heterocycles. The van der Waals surface area contributed by atoms with E-state index in [1.165, 1.54) is 0 Å². The van der Waals surface area contributed by atoms with Gasteiger partial charge in [0, 0.05) is 30.9 Å². The molecule has 4 fully saturated rings. The van der Waals surface area contributed by atoms with Crippen molar-refractivity contribution in [3.63, 3.8) is 0 Å². The van der Waals surface area contributed by atoms with E-state index in [1.807, 2.05) is 26.0 Å². The number of carbonyl (C=O) groups excluding carboxylic acids is 4. The molecule has 212 valence electrons. The molecule has 10 heteroatoms. The van der Waals surface area contributed by atoms with E-state index in [0.29, 0.717) is 38.2 Å². The van der Waals surface area contributed by atoms with Gasteiger partial charge in [0.1, 0.15) is 12.1 Å². The van der Waals surface area contributed by atoms with E-state index in [0.717, 1.165) is 44.6 Å². The SMILES string of the molecule is CC(C)CC(NC(=O)c1ccc(N2CCOCC2)cc1)C(=O)N1CCC2C1C(=O)CN2C(=O)C1CCCCN1. The molecular formula is C29H41N5O5. The molecule has 1 aromatic carbocycles. The summed E-state index contributed by atoms with van der Waals surface area (Å²) in [6, 6.07) is 5.50. The van der Waals surface area contributed by atoms with E-state index in [9.17, 15) is 19.2 Å². The number of rotatable bonds is 7. The minimum Gasteiger partial charge on any atom is -0.378 e. The Morgan fingerprint density at radius 1 is 1.03 bits per heavy atom. The van der Waals surface area contributed by atoms with E-state index in [1.54, 1.807) is 21.9 Å². The van der Waals surface area contributed by atoms with Gasteiger partial charge in [-0.05, 0) is 62.4 Å². The van der Waals surface area contributed by atoms with Crippen molar-refractivity contribution in [3.8, 4) is 0 Å². The number of hydrogen-bond acceptors (Lipinski definition) is 7. The Balaban J connectivity index is 1.25. The normalized spacial score (nSPS) is 26.1. The predicted molar refractivity (Wildman–Crippen MR) is 146 cm³/mol. The first kappa shape index (κ1) is 27.6. The molecule has 4 saturated heterocycles. The molecule has 0 aliphatic carbocycles. The number of nitrogens with zero attached hydrogens (tertiary/aromatic N) is 3. The molecule has 0 radical (unpaired) electrons. The number of nitrogens with one attached hydrogen (secondary N) is 2. The monoisotopic (exact) mass is 539 g/mol. The molecule has 4 heterocycles. The average molecular weight is 540 g/mol. The summed E-state index contributed by atoms with van der Waals surface area (Å²) in [7, 11) is 0. The minimum absolute atomic E-state index is 0.0302. The van der Waals surface area contributed by atoms with Crippen LogP contribution in [0.15, 0.2) is 24.3 Å². The van der Waals surface area contributed by atoms with Crippen LogP contribution in [-0.2, 0) is 19.1 Å². The molecule has 4 atom stereocenters. The standard InChI is InChI=1S/C29H41N5O5/c1-19(2)17-23(31-27(36)20-6-8-21(9-7-20)32-13-15-39-16-14-32)29(38)33-12-10-24-26(33)25(35)18-34(24)28(37)22-5-3-4-11-30-22/h6-9,19,22-24,26,30H,3-5,10-18H2,1-2H3,(H,31,36). The zero-order valence-electron chi connectivity index (χ0n) is 23.1. The van der Waals surface area contributed by atoms with Crippen molar-refractivity contribution in [1.29, 1.82) is 0 Å². The lowest BCUT2D eigenvalue weighted by molar-refractivity contribution is -0.138. The highest BCUT2D eigenvalue weighted by Gasteiger charge is 2.53. The van der Waals surface area contributed by atoms with Gasteiger partial charge in [0.25, 0.3) is 5.91 Å². The van der Waals surface area contributed by atoms with Crippen LogP contribution in [0.4, 0.5) is 5.69 Å². The van der Waals surface area contributed by atoms with Crippen LogP contribution >= 0.6 is 0 Å². The average Bonchev–Trinajstić information content (AvgIpc) is 3.54. The van der Waals surface area contributed by atoms with E-state index >= 15 is 0 Å². The maximum Gasteiger partial charge on any atom is 0.251 e. The summed E-state index contributed by atoms with van der Waals surface area (Å²) in [4.78, 5) is 58.9. The summed E-state index contributed by atoms with van der Waals surface area (Å²) in [5, 5.41) is 6.24. The Bertz CT molecular complexity index is 1060. The Morgan fingerprint density at radius 2 is 1.77 bits per heavy atom. The highest BCUT2D eigenvalue weighted by molar-refractivity contribution is 6.01. The molecule has 0 spiro atoms. The molecular weight excluding hydrogens is 498 g/mol. The van der Waals surface area contributed by atoms with Crippen LogP contribution < -0.4 is 15.5 Å². The van der Waals surface area contributed by atoms with Gasteiger partial charge in [-0.25, -0.2) is 0 Å². The number of Topliss-reactive ketones (excluding diaryl/α,β-unsaturated/α-hetero) is 1. The zero-order valence-corrected chi connectivity index (χ0v) is 23.1. The van der Waals surface area contributed by atoms with E-state index in [2.05, 4.69) is 15.5 Å². The quantitative estimate of drug-likeness (QED) is 0.536. The smallest absolute Gasteiger partial charge is 0.251 e. The fourth-order valence-corrected chi connectivity index (χ4v) is 6.40. The van der Waals surface area contributed by atoms with Crippen molar-refractivity contribution in [2.75, 3.05) is 50.8 Å². The molecule has 0 saturated carbocycles. The van der Waals surface area contributed by atoms with Crippen LogP contribution in [0.5, 0.6) is 0 Å². The number of ether oxygens (including phenoxy) is 1. The van der Waals surface area contributed by atoms with Crippen LogP contribution in [0.1, 0.15) is 56.3 Å². The summed E-state index contributed by atoms with van der Waals surface area (Å²) >= 11 is 0. The lowest BCUT2D eigenvalue weighted by Gasteiger charge is -2.31. The second-order valence-electron chi connectivity index (χ2n) is 11.6. The Kier molecular flexibility index (Phi) is 8.52. The van der Waals surface area contributed by atoms with Crippen LogP contribution in [0.3, 0.4) is 0 Å². The molecule has 4 aliphatic rings. The third-order valence-electron chi connectivity index (χ3n) is 8.41. The van der Waals surface area contributed by atoms with Crippen LogP contribution in [-0.4, -0.2) is 103 Å². The molecule has 1 aromatic rings. The first-order valence-corrected chi connectivity index (χ1v) is 14.4. The van der Waals surface area contributed by atoms with E-state index in [4.69, 9.17) is 4.74 Å². The van der Waals surface area contributed by atoms with Gasteiger partial charge >= 0.3 is 0 Å². The van der Waals surface area contributed by atoms with E-state index in [-0.39, 0.29) is 48.1 Å². The number of benzene rings is 1. The summed E-state index contributed by atoms with van der Waals surface area (Å²) in [5.74, 6) is -0.513. The third-order valence-corrected chi connectivity index (χ3v) is 8.41. The Morgan fingerprint density at radius 3 is 2.44 bits per heavy atom. The van der Waals surface area contributed by atoms with Gasteiger partial charge in [0.2, 0.25) is 11.8 Å². The van der Waals surface area contributed by atoms with Crippen molar-refractivity contribution in [1.82, 2.24) is 20.4 Å². The first-order chi connectivity index (χ1) is 18.8. The number of fused-ring (bicyclic) bond motifs is 1. The summed E-state index contributed by atoms with van der Waals surface area (Å²) in [6.45, 7) is 8.28. The van der Waals surface area contributed by atoms with E-state index < -0.39 is 12.1 Å². The largest absolute Gasteiger partial charge is 0.378 e. The van der Waals surface area contributed by atoms with Gasteiger partial charge < -0.3 is 30.1 Å². The van der Waals surface area contributed by atoms with Gasteiger partial charge in [-0.15, -0.1) is 0 Å². The number of anilines is 1. The molecule has 2 N–H and O–H groups in total. The number of piperidine rings is 1. The fraction of sp³-hybridized carbons (Fsp3) is 0.655. The lowest BCUT2D eigenvalue weighted by Crippen LogP contribution is -2.53. The van der Waals surface area contributed by atoms with Crippen molar-refractivity contribution >= 4 is 29.2 Å². The number of ketones is 1. The van der Waals surface area contributed by atoms with Crippen LogP contribution in [0, 0.1) is 5.92 Å². The second-order valence-corrected chi connectivity index (χ2v) is 11.6. The number of carbonyl (C=O) groups is 4. The summed E-state index contributed by atoms with van der Waals surface area (Å²) in [6.07, 6.45) is 3.87. The van der Waals surface area contributed by atoms with Gasteiger partial charge in [-0.1, -0.05) is 20.3 Å². The van der Waals surface area contributed by atoms with Gasteiger partial charge in [0.15, 0.2) is 5.78 Å². The lowest BCUT2D eigenvalue weighted by atomic mass is 10.0. The second kappa shape index (κ2) is 12.0. The fourth-order valence-electron chi connectivity index (χ4n) is 6.40. The molecule has 39 heavy (non-hydrogen) atoms. The topological polar surface area (TPSA) is 111 Å². The molecule has 3 amide bonds. The first-order valence-electron chi connectivity index (χ1n) is 14.4. The summed E-state index contributed by atoms with van der Waals surface area (Å²) < 4.78 is 5.42. The highest BCUT2D eigenvalue weighted by atomic mass is 16.5. The van der Waals surface area contributed by atoms with Gasteiger partial charge in [0.05, 0.1) is 31.8 Å². The van der Waals surface area contributed by atoms with Crippen molar-refractivity contribution < 1.29 is 23.9 Å². The van der Waals surface area contributed by atoms with Crippen molar-refractivity contribution in [3.05, 3.63) is 29.8 Å².